The zero-order chi connectivity index (χ0) is 16.4. The molecule has 4 atom stereocenters. The van der Waals surface area contributed by atoms with E-state index in [1.807, 2.05) is 17.8 Å². The van der Waals surface area contributed by atoms with Crippen LogP contribution in [0.2, 0.25) is 0 Å². The van der Waals surface area contributed by atoms with Crippen molar-refractivity contribution in [3.8, 4) is 0 Å². The fourth-order valence-corrected chi connectivity index (χ4v) is 6.03. The molecule has 1 amide bonds. The van der Waals surface area contributed by atoms with Crippen molar-refractivity contribution in [2.45, 2.75) is 44.4 Å². The van der Waals surface area contributed by atoms with Crippen molar-refractivity contribution in [2.24, 2.45) is 5.92 Å². The number of nitrogens with zero attached hydrogens (tertiary/aromatic N) is 2. The van der Waals surface area contributed by atoms with Crippen molar-refractivity contribution in [2.75, 3.05) is 23.0 Å². The summed E-state index contributed by atoms with van der Waals surface area (Å²) >= 11 is 0. The van der Waals surface area contributed by atoms with Gasteiger partial charge in [-0.2, -0.15) is 0 Å². The van der Waals surface area contributed by atoms with Crippen LogP contribution < -0.4 is 10.2 Å². The molecule has 0 saturated carbocycles. The van der Waals surface area contributed by atoms with Crippen LogP contribution in [0.25, 0.3) is 0 Å². The lowest BCUT2D eigenvalue weighted by molar-refractivity contribution is -0.119. The molecule has 4 nitrogen and oxygen atoms in total. The predicted octanol–water partition coefficient (Wildman–Crippen LogP) is 2.71. The second kappa shape index (κ2) is 5.22. The normalized spacial score (nSPS) is 33.6. The topological polar surface area (TPSA) is 35.6 Å². The minimum Gasteiger partial charge on any atom is -0.362 e. The van der Waals surface area contributed by atoms with Gasteiger partial charge in [0.2, 0.25) is 5.91 Å². The fourth-order valence-electron chi connectivity index (χ4n) is 4.18. The zero-order valence-corrected chi connectivity index (χ0v) is 15.0. The van der Waals surface area contributed by atoms with Crippen molar-refractivity contribution in [3.05, 3.63) is 23.8 Å². The number of hydrogen-bond acceptors (Lipinski definition) is 3. The Morgan fingerprint density at radius 2 is 2.17 bits per heavy atom. The maximum atomic E-state index is 12.3. The van der Waals surface area contributed by atoms with Crippen LogP contribution in [0.5, 0.6) is 0 Å². The molecule has 6 heteroatoms. The summed E-state index contributed by atoms with van der Waals surface area (Å²) in [5, 5.41) is 3.13. The molecule has 4 rings (SSSR count). The van der Waals surface area contributed by atoms with Crippen LogP contribution in [0.15, 0.2) is 18.2 Å². The highest BCUT2D eigenvalue weighted by Crippen LogP contribution is 2.56. The molecule has 0 aliphatic carbocycles. The molecular formula is C17H23BN3OP. The number of fused-ring (bicyclic) bond motifs is 3. The van der Waals surface area contributed by atoms with Gasteiger partial charge in [-0.25, -0.2) is 0 Å². The largest absolute Gasteiger partial charge is 0.362 e. The van der Waals surface area contributed by atoms with Gasteiger partial charge >= 0.3 is 0 Å². The van der Waals surface area contributed by atoms with Gasteiger partial charge in [-0.05, 0) is 31.9 Å². The van der Waals surface area contributed by atoms with Crippen LogP contribution in [-0.4, -0.2) is 42.9 Å². The third-order valence-corrected chi connectivity index (χ3v) is 7.27. The first-order valence-corrected chi connectivity index (χ1v) is 9.63. The molecule has 3 heterocycles. The summed E-state index contributed by atoms with van der Waals surface area (Å²) in [5.74, 6) is 1.09. The van der Waals surface area contributed by atoms with E-state index in [-0.39, 0.29) is 17.4 Å². The Balaban J connectivity index is 1.83. The van der Waals surface area contributed by atoms with Gasteiger partial charge in [0.05, 0.1) is 23.1 Å². The highest BCUT2D eigenvalue weighted by Gasteiger charge is 2.46. The van der Waals surface area contributed by atoms with Crippen molar-refractivity contribution >= 4 is 33.8 Å². The highest BCUT2D eigenvalue weighted by molar-refractivity contribution is 7.39. The first-order valence-electron chi connectivity index (χ1n) is 8.34. The summed E-state index contributed by atoms with van der Waals surface area (Å²) in [4.78, 5) is 16.8. The molecule has 1 saturated heterocycles. The van der Waals surface area contributed by atoms with E-state index in [2.05, 4.69) is 36.2 Å². The Morgan fingerprint density at radius 1 is 1.39 bits per heavy atom. The molecule has 120 valence electrons. The van der Waals surface area contributed by atoms with Gasteiger partial charge in [-0.1, -0.05) is 27.6 Å². The molecule has 3 aliphatic rings. The molecule has 23 heavy (non-hydrogen) atoms. The maximum Gasteiger partial charge on any atom is 0.229 e. The number of para-hydroxylation sites is 1. The van der Waals surface area contributed by atoms with Crippen LogP contribution in [0.1, 0.15) is 38.7 Å². The number of carbonyl (C=O) groups is 1. The Morgan fingerprint density at radius 3 is 2.96 bits per heavy atom. The molecule has 1 aromatic rings. The number of hydrogen-bond donors (Lipinski definition) is 1. The summed E-state index contributed by atoms with van der Waals surface area (Å²) in [6, 6.07) is 6.36. The van der Waals surface area contributed by atoms with E-state index in [4.69, 9.17) is 7.98 Å². The standard InChI is InChI=1S/C17H23BN3OP/c1-10-8-20-14-11(5-4-6-13(14)19-15(10)22)12-7-17(2,3)21(18)9-23-16(12)20/h4-6,10,12,16,23H,7-9H2,1-3H3,(H,19,22)/t10?,12-,16-/m0/s1. The molecule has 0 spiro atoms. The Kier molecular flexibility index (Phi) is 3.51. The quantitative estimate of drug-likeness (QED) is 0.588. The van der Waals surface area contributed by atoms with E-state index in [0.29, 0.717) is 11.7 Å². The second-order valence-corrected chi connectivity index (χ2v) is 9.00. The van der Waals surface area contributed by atoms with Gasteiger partial charge in [0.1, 0.15) is 0 Å². The van der Waals surface area contributed by atoms with Crippen LogP contribution in [0.3, 0.4) is 0 Å². The summed E-state index contributed by atoms with van der Waals surface area (Å²) in [6.45, 7) is 7.30. The third-order valence-electron chi connectivity index (χ3n) is 5.61. The van der Waals surface area contributed by atoms with E-state index in [1.165, 1.54) is 11.3 Å². The summed E-state index contributed by atoms with van der Waals surface area (Å²) in [7, 11) is 7.06. The summed E-state index contributed by atoms with van der Waals surface area (Å²) < 4.78 is 0. The van der Waals surface area contributed by atoms with Crippen LogP contribution in [-0.2, 0) is 4.79 Å². The average molecular weight is 327 g/mol. The molecule has 2 unspecified atom stereocenters. The van der Waals surface area contributed by atoms with E-state index in [9.17, 15) is 4.79 Å². The SMILES string of the molecule is [B]N1CP[C@H]2[C@@H](CC1(C)C)c1cccc3c1N2CC(C)C(=O)N3. The molecule has 0 bridgehead atoms. The number of benzene rings is 1. The smallest absolute Gasteiger partial charge is 0.229 e. The summed E-state index contributed by atoms with van der Waals surface area (Å²) in [6.07, 6.45) is 1.97. The monoisotopic (exact) mass is 327 g/mol. The first-order chi connectivity index (χ1) is 10.9. The number of amides is 1. The fraction of sp³-hybridized carbons (Fsp3) is 0.588. The van der Waals surface area contributed by atoms with Crippen molar-refractivity contribution in [1.29, 1.82) is 0 Å². The Labute approximate surface area is 141 Å². The number of rotatable bonds is 0. The van der Waals surface area contributed by atoms with Gasteiger partial charge in [-0.15, -0.1) is 0 Å². The van der Waals surface area contributed by atoms with Crippen LogP contribution >= 0.6 is 8.58 Å². The molecule has 1 N–H and O–H groups in total. The van der Waals surface area contributed by atoms with E-state index in [1.54, 1.807) is 0 Å². The van der Waals surface area contributed by atoms with E-state index in [0.717, 1.165) is 33.5 Å². The predicted molar refractivity (Wildman–Crippen MR) is 97.6 cm³/mol. The van der Waals surface area contributed by atoms with E-state index >= 15 is 0 Å². The second-order valence-electron chi connectivity index (χ2n) is 7.69. The molecule has 2 radical (unpaired) electrons. The van der Waals surface area contributed by atoms with Crippen molar-refractivity contribution < 1.29 is 4.79 Å². The minimum absolute atomic E-state index is 0.00374. The Bertz CT molecular complexity index is 665. The molecule has 1 aromatic carbocycles. The number of nitrogens with one attached hydrogen (secondary N) is 1. The number of carbonyl (C=O) groups excluding carboxylic acids is 1. The molecule has 3 aliphatic heterocycles. The van der Waals surface area contributed by atoms with Gasteiger partial charge in [0.15, 0.2) is 7.98 Å². The Hall–Kier alpha value is -1.06. The summed E-state index contributed by atoms with van der Waals surface area (Å²) in [5.41, 5.74) is 3.62. The van der Waals surface area contributed by atoms with Crippen LogP contribution in [0, 0.1) is 5.92 Å². The molecule has 1 fully saturated rings. The van der Waals surface area contributed by atoms with Gasteiger partial charge < -0.3 is 15.0 Å². The lowest BCUT2D eigenvalue weighted by Gasteiger charge is -2.35. The van der Waals surface area contributed by atoms with Gasteiger partial charge in [0, 0.05) is 24.3 Å². The lowest BCUT2D eigenvalue weighted by Crippen LogP contribution is -2.41. The highest BCUT2D eigenvalue weighted by atomic mass is 31.1. The molecular weight excluding hydrogens is 304 g/mol. The van der Waals surface area contributed by atoms with Gasteiger partial charge in [0.25, 0.3) is 0 Å². The average Bonchev–Trinajstić information content (AvgIpc) is 2.62. The van der Waals surface area contributed by atoms with E-state index < -0.39 is 0 Å². The minimum atomic E-state index is -0.00528. The lowest BCUT2D eigenvalue weighted by atomic mass is 9.84. The van der Waals surface area contributed by atoms with Gasteiger partial charge in [-0.3, -0.25) is 4.79 Å². The molecule has 0 aromatic heterocycles. The van der Waals surface area contributed by atoms with Crippen LogP contribution in [0.4, 0.5) is 11.4 Å². The first kappa shape index (κ1) is 15.5. The third kappa shape index (κ3) is 2.32. The van der Waals surface area contributed by atoms with Crippen molar-refractivity contribution in [1.82, 2.24) is 4.81 Å². The maximum absolute atomic E-state index is 12.3. The zero-order valence-electron chi connectivity index (χ0n) is 14.0. The number of anilines is 2. The van der Waals surface area contributed by atoms with Crippen molar-refractivity contribution in [3.63, 3.8) is 0 Å².